The number of hydrogen-bond donors (Lipinski definition) is 1. The van der Waals surface area contributed by atoms with Gasteiger partial charge in [-0.3, -0.25) is 9.78 Å². The first-order valence-corrected chi connectivity index (χ1v) is 7.10. The van der Waals surface area contributed by atoms with Crippen LogP contribution in [0, 0.1) is 5.92 Å². The number of aromatic carboxylic acids is 1. The second-order valence-electron chi connectivity index (χ2n) is 5.23. The predicted molar refractivity (Wildman–Crippen MR) is 74.7 cm³/mol. The molecule has 5 heteroatoms. The molecule has 0 spiro atoms. The number of carboxylic acid groups (broad SMARTS) is 1. The SMILES string of the molecule is CCC1CCCN(C(=O)c2cc(C(=O)O)ccn2)CC1. The second kappa shape index (κ2) is 6.50. The Morgan fingerprint density at radius 2 is 2.20 bits per heavy atom. The highest BCUT2D eigenvalue weighted by atomic mass is 16.4. The molecule has 1 atom stereocenters. The van der Waals surface area contributed by atoms with E-state index in [9.17, 15) is 9.59 Å². The number of aromatic nitrogens is 1. The monoisotopic (exact) mass is 276 g/mol. The summed E-state index contributed by atoms with van der Waals surface area (Å²) in [5.74, 6) is -0.515. The Morgan fingerprint density at radius 3 is 2.90 bits per heavy atom. The van der Waals surface area contributed by atoms with E-state index in [1.165, 1.54) is 18.3 Å². The lowest BCUT2D eigenvalue weighted by molar-refractivity contribution is 0.0696. The number of carboxylic acids is 1. The molecule has 1 amide bonds. The standard InChI is InChI=1S/C15H20N2O3/c1-2-11-4-3-8-17(9-6-11)14(18)13-10-12(15(19)20)5-7-16-13/h5,7,10-11H,2-4,6,8-9H2,1H3,(H,19,20). The summed E-state index contributed by atoms with van der Waals surface area (Å²) in [5, 5.41) is 8.96. The van der Waals surface area contributed by atoms with Crippen LogP contribution < -0.4 is 0 Å². The van der Waals surface area contributed by atoms with Crippen LogP contribution in [0.25, 0.3) is 0 Å². The maximum absolute atomic E-state index is 12.4. The van der Waals surface area contributed by atoms with Crippen molar-refractivity contribution in [3.63, 3.8) is 0 Å². The van der Waals surface area contributed by atoms with Gasteiger partial charge in [-0.05, 0) is 37.3 Å². The summed E-state index contributed by atoms with van der Waals surface area (Å²) in [6.45, 7) is 3.64. The van der Waals surface area contributed by atoms with Gasteiger partial charge < -0.3 is 10.0 Å². The molecule has 5 nitrogen and oxygen atoms in total. The van der Waals surface area contributed by atoms with Crippen molar-refractivity contribution in [2.45, 2.75) is 32.6 Å². The molecular formula is C15H20N2O3. The number of likely N-dealkylation sites (tertiary alicyclic amines) is 1. The minimum absolute atomic E-state index is 0.101. The van der Waals surface area contributed by atoms with E-state index in [0.717, 1.165) is 38.8 Å². The van der Waals surface area contributed by atoms with E-state index in [2.05, 4.69) is 11.9 Å². The fourth-order valence-corrected chi connectivity index (χ4v) is 2.62. The van der Waals surface area contributed by atoms with Gasteiger partial charge in [0.05, 0.1) is 5.56 Å². The summed E-state index contributed by atoms with van der Waals surface area (Å²) in [7, 11) is 0. The number of carbonyl (C=O) groups is 2. The van der Waals surface area contributed by atoms with Crippen molar-refractivity contribution in [1.82, 2.24) is 9.88 Å². The molecule has 1 unspecified atom stereocenters. The highest BCUT2D eigenvalue weighted by Crippen LogP contribution is 2.21. The highest BCUT2D eigenvalue weighted by Gasteiger charge is 2.22. The first-order valence-electron chi connectivity index (χ1n) is 7.10. The fourth-order valence-electron chi connectivity index (χ4n) is 2.62. The minimum Gasteiger partial charge on any atom is -0.478 e. The molecule has 1 aliphatic rings. The van der Waals surface area contributed by atoms with Crippen LogP contribution in [0.2, 0.25) is 0 Å². The molecule has 1 aromatic rings. The normalized spacial score (nSPS) is 19.4. The van der Waals surface area contributed by atoms with Crippen LogP contribution in [0.1, 0.15) is 53.5 Å². The average Bonchev–Trinajstić information content (AvgIpc) is 2.72. The lowest BCUT2D eigenvalue weighted by Gasteiger charge is -2.20. The lowest BCUT2D eigenvalue weighted by Crippen LogP contribution is -2.32. The fraction of sp³-hybridized carbons (Fsp3) is 0.533. The maximum Gasteiger partial charge on any atom is 0.335 e. The molecule has 20 heavy (non-hydrogen) atoms. The van der Waals surface area contributed by atoms with Gasteiger partial charge in [-0.15, -0.1) is 0 Å². The van der Waals surface area contributed by atoms with Crippen molar-refractivity contribution in [1.29, 1.82) is 0 Å². The van der Waals surface area contributed by atoms with Gasteiger partial charge in [0.25, 0.3) is 5.91 Å². The first kappa shape index (κ1) is 14.5. The number of nitrogens with zero attached hydrogens (tertiary/aromatic N) is 2. The van der Waals surface area contributed by atoms with Crippen molar-refractivity contribution >= 4 is 11.9 Å². The topological polar surface area (TPSA) is 70.5 Å². The van der Waals surface area contributed by atoms with Gasteiger partial charge >= 0.3 is 5.97 Å². The van der Waals surface area contributed by atoms with E-state index in [-0.39, 0.29) is 17.2 Å². The smallest absolute Gasteiger partial charge is 0.335 e. The van der Waals surface area contributed by atoms with E-state index in [1.807, 2.05) is 0 Å². The van der Waals surface area contributed by atoms with Gasteiger partial charge in [0.15, 0.2) is 0 Å². The number of amides is 1. The Labute approximate surface area is 118 Å². The van der Waals surface area contributed by atoms with Crippen LogP contribution in [0.5, 0.6) is 0 Å². The third-order valence-corrected chi connectivity index (χ3v) is 3.94. The van der Waals surface area contributed by atoms with Gasteiger partial charge in [-0.1, -0.05) is 13.3 Å². The molecule has 0 aliphatic carbocycles. The lowest BCUT2D eigenvalue weighted by atomic mass is 9.98. The van der Waals surface area contributed by atoms with Crippen molar-refractivity contribution in [2.24, 2.45) is 5.92 Å². The number of pyridine rings is 1. The van der Waals surface area contributed by atoms with Crippen molar-refractivity contribution in [2.75, 3.05) is 13.1 Å². The molecule has 0 radical (unpaired) electrons. The van der Waals surface area contributed by atoms with E-state index in [4.69, 9.17) is 5.11 Å². The molecule has 1 fully saturated rings. The number of carbonyl (C=O) groups excluding carboxylic acids is 1. The predicted octanol–water partition coefficient (Wildman–Crippen LogP) is 2.43. The van der Waals surface area contributed by atoms with Crippen LogP contribution in [0.15, 0.2) is 18.3 Å². The molecule has 1 aromatic heterocycles. The van der Waals surface area contributed by atoms with Gasteiger partial charge in [0, 0.05) is 19.3 Å². The molecule has 0 bridgehead atoms. The van der Waals surface area contributed by atoms with Gasteiger partial charge in [-0.25, -0.2) is 4.79 Å². The van der Waals surface area contributed by atoms with Crippen LogP contribution in [0.3, 0.4) is 0 Å². The summed E-state index contributed by atoms with van der Waals surface area (Å²) in [6, 6.07) is 2.75. The largest absolute Gasteiger partial charge is 0.478 e. The summed E-state index contributed by atoms with van der Waals surface area (Å²) < 4.78 is 0. The first-order chi connectivity index (χ1) is 9.61. The zero-order chi connectivity index (χ0) is 14.5. The molecule has 1 N–H and O–H groups in total. The van der Waals surface area contributed by atoms with Crippen molar-refractivity contribution in [3.8, 4) is 0 Å². The Bertz CT molecular complexity index is 502. The van der Waals surface area contributed by atoms with E-state index < -0.39 is 5.97 Å². The zero-order valence-electron chi connectivity index (χ0n) is 11.7. The summed E-state index contributed by atoms with van der Waals surface area (Å²) in [6.07, 6.45) is 5.70. The van der Waals surface area contributed by atoms with Crippen LogP contribution in [0.4, 0.5) is 0 Å². The molecule has 1 saturated heterocycles. The van der Waals surface area contributed by atoms with Crippen molar-refractivity contribution < 1.29 is 14.7 Å². The highest BCUT2D eigenvalue weighted by molar-refractivity contribution is 5.95. The van der Waals surface area contributed by atoms with Crippen LogP contribution in [-0.2, 0) is 0 Å². The summed E-state index contributed by atoms with van der Waals surface area (Å²) >= 11 is 0. The second-order valence-corrected chi connectivity index (χ2v) is 5.23. The summed E-state index contributed by atoms with van der Waals surface area (Å²) in [4.78, 5) is 29.1. The van der Waals surface area contributed by atoms with Gasteiger partial charge in [0.2, 0.25) is 0 Å². The molecular weight excluding hydrogens is 256 g/mol. The van der Waals surface area contributed by atoms with Gasteiger partial charge in [-0.2, -0.15) is 0 Å². The third kappa shape index (κ3) is 3.35. The maximum atomic E-state index is 12.4. The molecule has 2 heterocycles. The Kier molecular flexibility index (Phi) is 4.71. The molecule has 2 rings (SSSR count). The zero-order valence-corrected chi connectivity index (χ0v) is 11.7. The Balaban J connectivity index is 2.10. The molecule has 0 saturated carbocycles. The molecule has 0 aromatic carbocycles. The Morgan fingerprint density at radius 1 is 1.40 bits per heavy atom. The van der Waals surface area contributed by atoms with Gasteiger partial charge in [0.1, 0.15) is 5.69 Å². The van der Waals surface area contributed by atoms with E-state index >= 15 is 0 Å². The quantitative estimate of drug-likeness (QED) is 0.920. The minimum atomic E-state index is -1.04. The van der Waals surface area contributed by atoms with E-state index in [0.29, 0.717) is 5.92 Å². The molecule has 108 valence electrons. The van der Waals surface area contributed by atoms with Crippen molar-refractivity contribution in [3.05, 3.63) is 29.6 Å². The van der Waals surface area contributed by atoms with Crippen LogP contribution in [-0.4, -0.2) is 40.0 Å². The van der Waals surface area contributed by atoms with E-state index in [1.54, 1.807) is 4.90 Å². The third-order valence-electron chi connectivity index (χ3n) is 3.94. The number of rotatable bonds is 3. The number of hydrogen-bond acceptors (Lipinski definition) is 3. The van der Waals surface area contributed by atoms with Crippen LogP contribution >= 0.6 is 0 Å². The Hall–Kier alpha value is -1.91. The molecule has 1 aliphatic heterocycles. The average molecular weight is 276 g/mol. The summed E-state index contributed by atoms with van der Waals surface area (Å²) in [5.41, 5.74) is 0.324.